The van der Waals surface area contributed by atoms with Crippen LogP contribution < -0.4 is 9.21 Å². The molecule has 0 fully saturated rings. The molecule has 5 nitrogen and oxygen atoms in total. The summed E-state index contributed by atoms with van der Waals surface area (Å²) in [6.45, 7) is 3.13. The van der Waals surface area contributed by atoms with Gasteiger partial charge in [0.15, 0.2) is 0 Å². The van der Waals surface area contributed by atoms with E-state index in [1.807, 2.05) is 16.8 Å². The molecule has 0 spiro atoms. The van der Waals surface area contributed by atoms with E-state index in [2.05, 4.69) is 0 Å². The van der Waals surface area contributed by atoms with Gasteiger partial charge in [-0.3, -0.25) is 4.31 Å². The highest BCUT2D eigenvalue weighted by molar-refractivity contribution is 7.92. The monoisotopic (exact) mass is 611 g/mol. The lowest BCUT2D eigenvalue weighted by atomic mass is 10.0. The van der Waals surface area contributed by atoms with Crippen LogP contribution in [0.15, 0.2) is 65.6 Å². The zero-order valence-corrected chi connectivity index (χ0v) is 24.0. The van der Waals surface area contributed by atoms with Gasteiger partial charge in [-0.25, -0.2) is 12.8 Å². The number of halogens is 5. The zero-order chi connectivity index (χ0) is 29.2. The standard InChI is InChI=1S/C28H26ClF4N3O2S2/c1-19(27-23(29)7-4-8-24(27)30)15-20-9-10-25-26(16-20)36(14-13-35(25)12-11-34(2)18-39)40(37,38)22-6-3-5-21(17-22)28(31,32)33/h3-10,15-18H,11-14H2,1-2H3/b19-15+. The lowest BCUT2D eigenvalue weighted by Crippen LogP contribution is -2.46. The van der Waals surface area contributed by atoms with Crippen molar-refractivity contribution in [1.29, 1.82) is 0 Å². The summed E-state index contributed by atoms with van der Waals surface area (Å²) in [5.74, 6) is -0.498. The number of thiocarbonyl (C=S) groups is 1. The van der Waals surface area contributed by atoms with Crippen LogP contribution in [-0.2, 0) is 16.2 Å². The molecule has 12 heteroatoms. The normalized spacial score (nSPS) is 14.2. The molecule has 0 saturated heterocycles. The van der Waals surface area contributed by atoms with E-state index in [4.69, 9.17) is 23.8 Å². The molecule has 1 aliphatic rings. The van der Waals surface area contributed by atoms with E-state index in [0.29, 0.717) is 48.2 Å². The molecule has 4 rings (SSSR count). The molecular formula is C28H26ClF4N3O2S2. The van der Waals surface area contributed by atoms with Crippen molar-refractivity contribution >= 4 is 62.4 Å². The molecule has 0 atom stereocenters. The largest absolute Gasteiger partial charge is 0.416 e. The van der Waals surface area contributed by atoms with Crippen molar-refractivity contribution in [2.75, 3.05) is 42.4 Å². The first kappa shape index (κ1) is 29.8. The van der Waals surface area contributed by atoms with E-state index < -0.39 is 32.5 Å². The van der Waals surface area contributed by atoms with Gasteiger partial charge in [-0.1, -0.05) is 48.1 Å². The molecule has 0 unspecified atom stereocenters. The summed E-state index contributed by atoms with van der Waals surface area (Å²) >= 11 is 11.2. The quantitative estimate of drug-likeness (QED) is 0.156. The number of benzene rings is 3. The fourth-order valence-electron chi connectivity index (χ4n) is 4.52. The average Bonchev–Trinajstić information content (AvgIpc) is 2.90. The molecule has 0 N–H and O–H groups in total. The molecule has 3 aromatic rings. The van der Waals surface area contributed by atoms with Crippen LogP contribution in [0.2, 0.25) is 5.02 Å². The summed E-state index contributed by atoms with van der Waals surface area (Å²) in [4.78, 5) is 3.36. The number of hydrogen-bond donors (Lipinski definition) is 0. The van der Waals surface area contributed by atoms with E-state index in [1.54, 1.807) is 37.3 Å². The van der Waals surface area contributed by atoms with Gasteiger partial charge in [0.1, 0.15) is 5.82 Å². The summed E-state index contributed by atoms with van der Waals surface area (Å²) in [5.41, 5.74) is 2.67. The van der Waals surface area contributed by atoms with Crippen LogP contribution >= 0.6 is 23.8 Å². The molecule has 40 heavy (non-hydrogen) atoms. The molecule has 0 aliphatic carbocycles. The molecule has 0 bridgehead atoms. The maximum atomic E-state index is 14.5. The number of rotatable bonds is 8. The Morgan fingerprint density at radius 3 is 2.48 bits per heavy atom. The Labute approximate surface area is 241 Å². The van der Waals surface area contributed by atoms with Crippen LogP contribution in [0.5, 0.6) is 0 Å². The molecule has 0 radical (unpaired) electrons. The molecule has 0 saturated carbocycles. The first-order valence-corrected chi connectivity index (χ1v) is 14.5. The fourth-order valence-corrected chi connectivity index (χ4v) is 6.45. The average molecular weight is 612 g/mol. The van der Waals surface area contributed by atoms with E-state index in [9.17, 15) is 26.0 Å². The molecule has 3 aromatic carbocycles. The summed E-state index contributed by atoms with van der Waals surface area (Å²) in [5, 5.41) is 0.231. The van der Waals surface area contributed by atoms with Crippen molar-refractivity contribution in [2.45, 2.75) is 18.0 Å². The van der Waals surface area contributed by atoms with E-state index in [0.717, 1.165) is 22.5 Å². The first-order valence-electron chi connectivity index (χ1n) is 12.2. The van der Waals surface area contributed by atoms with Crippen LogP contribution in [0.25, 0.3) is 11.6 Å². The maximum Gasteiger partial charge on any atom is 0.416 e. The van der Waals surface area contributed by atoms with Crippen LogP contribution in [0.4, 0.5) is 28.9 Å². The third-order valence-electron chi connectivity index (χ3n) is 6.57. The van der Waals surface area contributed by atoms with Gasteiger partial charge in [-0.05, 0) is 60.5 Å². The zero-order valence-electron chi connectivity index (χ0n) is 21.6. The van der Waals surface area contributed by atoms with E-state index in [-0.39, 0.29) is 17.1 Å². The number of alkyl halides is 3. The summed E-state index contributed by atoms with van der Waals surface area (Å²) < 4.78 is 83.2. The third kappa shape index (κ3) is 6.26. The number of sulfonamides is 1. The van der Waals surface area contributed by atoms with E-state index >= 15 is 0 Å². The number of fused-ring (bicyclic) bond motifs is 1. The Hall–Kier alpha value is -3.15. The second kappa shape index (κ2) is 11.8. The van der Waals surface area contributed by atoms with E-state index in [1.165, 1.54) is 17.6 Å². The number of nitrogens with zero attached hydrogens (tertiary/aromatic N) is 3. The molecule has 1 heterocycles. The number of anilines is 2. The van der Waals surface area contributed by atoms with Crippen LogP contribution in [0.3, 0.4) is 0 Å². The van der Waals surface area contributed by atoms with Crippen molar-refractivity contribution in [3.05, 3.63) is 88.2 Å². The predicted molar refractivity (Wildman–Crippen MR) is 156 cm³/mol. The highest BCUT2D eigenvalue weighted by atomic mass is 35.5. The highest BCUT2D eigenvalue weighted by Gasteiger charge is 2.35. The minimum absolute atomic E-state index is 0.0121. The lowest BCUT2D eigenvalue weighted by molar-refractivity contribution is -0.137. The van der Waals surface area contributed by atoms with Crippen molar-refractivity contribution < 1.29 is 26.0 Å². The summed E-state index contributed by atoms with van der Waals surface area (Å²) in [7, 11) is -2.53. The number of allylic oxidation sites excluding steroid dienone is 1. The highest BCUT2D eigenvalue weighted by Crippen LogP contribution is 2.39. The smallest absolute Gasteiger partial charge is 0.370 e. The Morgan fingerprint density at radius 2 is 1.80 bits per heavy atom. The second-order valence-corrected chi connectivity index (χ2v) is 11.8. The Bertz CT molecular complexity index is 1540. The van der Waals surface area contributed by atoms with Crippen molar-refractivity contribution in [3.63, 3.8) is 0 Å². The van der Waals surface area contributed by atoms with Gasteiger partial charge in [0.05, 0.1) is 38.9 Å². The first-order chi connectivity index (χ1) is 18.8. The topological polar surface area (TPSA) is 43.9 Å². The molecule has 212 valence electrons. The lowest BCUT2D eigenvalue weighted by Gasteiger charge is -2.39. The van der Waals surface area contributed by atoms with Gasteiger partial charge < -0.3 is 9.80 Å². The SMILES string of the molecule is C/C(=C\c1ccc2c(c1)N(S(=O)(=O)c1cccc(C(F)(F)F)c1)CCN2CCN(C)C=S)c1c(F)cccc1Cl. The van der Waals surface area contributed by atoms with Crippen molar-refractivity contribution in [3.8, 4) is 0 Å². The predicted octanol–water partition coefficient (Wildman–Crippen LogP) is 6.96. The number of hydrogen-bond acceptors (Lipinski definition) is 4. The Balaban J connectivity index is 1.81. The van der Waals surface area contributed by atoms with Crippen LogP contribution in [0.1, 0.15) is 23.6 Å². The minimum atomic E-state index is -4.70. The molecule has 1 aliphatic heterocycles. The second-order valence-electron chi connectivity index (χ2n) is 9.35. The number of likely N-dealkylation sites (N-methyl/N-ethyl adjacent to an activating group) is 1. The Morgan fingerprint density at radius 1 is 1.07 bits per heavy atom. The van der Waals surface area contributed by atoms with Gasteiger partial charge in [0.2, 0.25) is 0 Å². The van der Waals surface area contributed by atoms with Gasteiger partial charge in [-0.2, -0.15) is 13.2 Å². The summed E-state index contributed by atoms with van der Waals surface area (Å²) in [6, 6.07) is 13.2. The van der Waals surface area contributed by atoms with Gasteiger partial charge in [0.25, 0.3) is 10.0 Å². The van der Waals surface area contributed by atoms with Gasteiger partial charge >= 0.3 is 6.18 Å². The minimum Gasteiger partial charge on any atom is -0.370 e. The fraction of sp³-hybridized carbons (Fsp3) is 0.250. The van der Waals surface area contributed by atoms with Gasteiger partial charge in [0, 0.05) is 32.2 Å². The third-order valence-corrected chi connectivity index (χ3v) is 9.06. The molecule has 0 aromatic heterocycles. The van der Waals surface area contributed by atoms with Crippen molar-refractivity contribution in [1.82, 2.24) is 4.90 Å². The van der Waals surface area contributed by atoms with Crippen LogP contribution in [0, 0.1) is 5.82 Å². The van der Waals surface area contributed by atoms with Gasteiger partial charge in [-0.15, -0.1) is 0 Å². The maximum absolute atomic E-state index is 14.5. The van der Waals surface area contributed by atoms with Crippen molar-refractivity contribution in [2.24, 2.45) is 0 Å². The molecular weight excluding hydrogens is 586 g/mol. The Kier molecular flexibility index (Phi) is 8.77. The van der Waals surface area contributed by atoms with Crippen LogP contribution in [-0.4, -0.2) is 52.0 Å². The summed E-state index contributed by atoms with van der Waals surface area (Å²) in [6.07, 6.45) is -3.02. The molecule has 0 amide bonds.